The molecule has 0 aliphatic heterocycles. The minimum absolute atomic E-state index is 0.183. The summed E-state index contributed by atoms with van der Waals surface area (Å²) in [6, 6.07) is 24.6. The van der Waals surface area contributed by atoms with Crippen LogP contribution in [0.4, 0.5) is 5.69 Å². The molecule has 0 saturated carbocycles. The number of nitrogens with one attached hydrogen (secondary N) is 2. The van der Waals surface area contributed by atoms with Crippen LogP contribution >= 0.6 is 0 Å². The third-order valence-electron chi connectivity index (χ3n) is 4.76. The average Bonchev–Trinajstić information content (AvgIpc) is 2.75. The molecule has 0 heterocycles. The molecule has 3 aromatic rings. The van der Waals surface area contributed by atoms with Crippen LogP contribution < -0.4 is 10.6 Å². The van der Waals surface area contributed by atoms with E-state index in [1.54, 1.807) is 24.3 Å². The van der Waals surface area contributed by atoms with Gasteiger partial charge in [0, 0.05) is 23.4 Å². The van der Waals surface area contributed by atoms with Gasteiger partial charge in [-0.1, -0.05) is 62.4 Å². The maximum absolute atomic E-state index is 12.6. The zero-order valence-corrected chi connectivity index (χ0v) is 16.8. The lowest BCUT2D eigenvalue weighted by Gasteiger charge is -2.10. The maximum atomic E-state index is 12.6. The first kappa shape index (κ1) is 20.3. The smallest absolute Gasteiger partial charge is 0.255 e. The highest BCUT2D eigenvalue weighted by molar-refractivity contribution is 6.06. The minimum atomic E-state index is -0.235. The first-order valence-corrected chi connectivity index (χ1v) is 9.86. The van der Waals surface area contributed by atoms with E-state index in [9.17, 15) is 9.59 Å². The summed E-state index contributed by atoms with van der Waals surface area (Å²) in [7, 11) is 0. The van der Waals surface area contributed by atoms with Gasteiger partial charge in [-0.2, -0.15) is 0 Å². The van der Waals surface area contributed by atoms with Gasteiger partial charge in [0.05, 0.1) is 0 Å². The van der Waals surface area contributed by atoms with Gasteiger partial charge >= 0.3 is 0 Å². The highest BCUT2D eigenvalue weighted by Gasteiger charge is 2.11. The molecule has 4 nitrogen and oxygen atoms in total. The van der Waals surface area contributed by atoms with E-state index in [0.717, 1.165) is 12.1 Å². The highest BCUT2D eigenvalue weighted by Crippen LogP contribution is 2.18. The van der Waals surface area contributed by atoms with Crippen LogP contribution in [-0.4, -0.2) is 18.4 Å². The van der Waals surface area contributed by atoms with Gasteiger partial charge in [-0.25, -0.2) is 0 Å². The first-order chi connectivity index (χ1) is 14.0. The molecule has 4 heteroatoms. The normalized spacial score (nSPS) is 10.6. The van der Waals surface area contributed by atoms with E-state index in [4.69, 9.17) is 0 Å². The van der Waals surface area contributed by atoms with Crippen molar-refractivity contribution >= 4 is 17.5 Å². The van der Waals surface area contributed by atoms with Gasteiger partial charge < -0.3 is 10.6 Å². The van der Waals surface area contributed by atoms with E-state index < -0.39 is 0 Å². The molecule has 0 radical (unpaired) electrons. The van der Waals surface area contributed by atoms with Crippen molar-refractivity contribution in [3.8, 4) is 0 Å². The Bertz CT molecular complexity index is 964. The molecule has 0 saturated heterocycles. The standard InChI is InChI=1S/C25H26N2O2/c1-18(2)20-11-13-23(14-12-20)27-25(29)22-10-6-9-21(17-22)24(28)26-16-15-19-7-4-3-5-8-19/h3-14,17-18H,15-16H2,1-2H3,(H,26,28)(H,27,29). The second kappa shape index (κ2) is 9.69. The van der Waals surface area contributed by atoms with E-state index in [2.05, 4.69) is 24.5 Å². The summed E-state index contributed by atoms with van der Waals surface area (Å²) in [5.41, 5.74) is 4.05. The highest BCUT2D eigenvalue weighted by atomic mass is 16.2. The Kier molecular flexibility index (Phi) is 6.80. The number of anilines is 1. The number of hydrogen-bond donors (Lipinski definition) is 2. The van der Waals surface area contributed by atoms with Crippen LogP contribution in [0.25, 0.3) is 0 Å². The number of carbonyl (C=O) groups is 2. The van der Waals surface area contributed by atoms with Crippen molar-refractivity contribution in [3.05, 3.63) is 101 Å². The Morgan fingerprint density at radius 1 is 0.793 bits per heavy atom. The molecule has 3 rings (SSSR count). The van der Waals surface area contributed by atoms with Crippen LogP contribution in [0.5, 0.6) is 0 Å². The molecule has 148 valence electrons. The number of rotatable bonds is 7. The van der Waals surface area contributed by atoms with Crippen molar-refractivity contribution in [3.63, 3.8) is 0 Å². The molecule has 0 atom stereocenters. The second-order valence-electron chi connectivity index (χ2n) is 7.30. The predicted octanol–water partition coefficient (Wildman–Crippen LogP) is 5.03. The average molecular weight is 386 g/mol. The van der Waals surface area contributed by atoms with Crippen LogP contribution in [0.3, 0.4) is 0 Å². The van der Waals surface area contributed by atoms with Crippen molar-refractivity contribution in [2.24, 2.45) is 0 Å². The Labute approximate surface area is 172 Å². The van der Waals surface area contributed by atoms with Crippen molar-refractivity contribution in [2.75, 3.05) is 11.9 Å². The van der Waals surface area contributed by atoms with Crippen LogP contribution in [0.15, 0.2) is 78.9 Å². The van der Waals surface area contributed by atoms with Crippen molar-refractivity contribution in [2.45, 2.75) is 26.2 Å². The summed E-state index contributed by atoms with van der Waals surface area (Å²) >= 11 is 0. The lowest BCUT2D eigenvalue weighted by Crippen LogP contribution is -2.26. The van der Waals surface area contributed by atoms with Gasteiger partial charge in [-0.3, -0.25) is 9.59 Å². The zero-order valence-electron chi connectivity index (χ0n) is 16.8. The molecule has 0 spiro atoms. The monoisotopic (exact) mass is 386 g/mol. The summed E-state index contributed by atoms with van der Waals surface area (Å²) in [5, 5.41) is 5.79. The van der Waals surface area contributed by atoms with Gasteiger partial charge in [0.25, 0.3) is 11.8 Å². The van der Waals surface area contributed by atoms with E-state index in [0.29, 0.717) is 23.6 Å². The Morgan fingerprint density at radius 3 is 2.10 bits per heavy atom. The topological polar surface area (TPSA) is 58.2 Å². The summed E-state index contributed by atoms with van der Waals surface area (Å²) < 4.78 is 0. The van der Waals surface area contributed by atoms with Gasteiger partial charge in [-0.05, 0) is 53.8 Å². The molecule has 0 fully saturated rings. The fourth-order valence-electron chi connectivity index (χ4n) is 3.02. The van der Waals surface area contributed by atoms with Crippen molar-refractivity contribution in [1.29, 1.82) is 0 Å². The molecule has 0 bridgehead atoms. The van der Waals surface area contributed by atoms with E-state index in [1.165, 1.54) is 11.1 Å². The molecule has 2 amide bonds. The first-order valence-electron chi connectivity index (χ1n) is 9.86. The van der Waals surface area contributed by atoms with Crippen molar-refractivity contribution in [1.82, 2.24) is 5.32 Å². The molecule has 29 heavy (non-hydrogen) atoms. The number of benzene rings is 3. The largest absolute Gasteiger partial charge is 0.352 e. The lowest BCUT2D eigenvalue weighted by atomic mass is 10.0. The molecule has 3 aromatic carbocycles. The van der Waals surface area contributed by atoms with Crippen LogP contribution in [0, 0.1) is 0 Å². The third-order valence-corrected chi connectivity index (χ3v) is 4.76. The molecule has 0 aromatic heterocycles. The maximum Gasteiger partial charge on any atom is 0.255 e. The summed E-state index contributed by atoms with van der Waals surface area (Å²) in [5.74, 6) is 0.0231. The Balaban J connectivity index is 1.59. The van der Waals surface area contributed by atoms with Crippen molar-refractivity contribution < 1.29 is 9.59 Å². The SMILES string of the molecule is CC(C)c1ccc(NC(=O)c2cccc(C(=O)NCCc3ccccc3)c2)cc1. The summed E-state index contributed by atoms with van der Waals surface area (Å²) in [4.78, 5) is 25.0. The van der Waals surface area contributed by atoms with Gasteiger partial charge in [0.2, 0.25) is 0 Å². The fraction of sp³-hybridized carbons (Fsp3) is 0.200. The number of carbonyl (C=O) groups excluding carboxylic acids is 2. The molecule has 0 aliphatic rings. The van der Waals surface area contributed by atoms with E-state index in [-0.39, 0.29) is 11.8 Å². The van der Waals surface area contributed by atoms with Crippen LogP contribution in [0.2, 0.25) is 0 Å². The van der Waals surface area contributed by atoms with E-state index >= 15 is 0 Å². The van der Waals surface area contributed by atoms with Gasteiger partial charge in [0.1, 0.15) is 0 Å². The minimum Gasteiger partial charge on any atom is -0.352 e. The lowest BCUT2D eigenvalue weighted by molar-refractivity contribution is 0.0954. The van der Waals surface area contributed by atoms with E-state index in [1.807, 2.05) is 54.6 Å². The molecular weight excluding hydrogens is 360 g/mol. The summed E-state index contributed by atoms with van der Waals surface area (Å²) in [6.07, 6.45) is 0.763. The van der Waals surface area contributed by atoms with Gasteiger partial charge in [-0.15, -0.1) is 0 Å². The molecule has 2 N–H and O–H groups in total. The number of hydrogen-bond acceptors (Lipinski definition) is 2. The number of amides is 2. The Hall–Kier alpha value is -3.40. The fourth-order valence-corrected chi connectivity index (χ4v) is 3.02. The zero-order chi connectivity index (χ0) is 20.6. The van der Waals surface area contributed by atoms with Crippen LogP contribution in [0.1, 0.15) is 51.6 Å². The molecule has 0 aliphatic carbocycles. The summed E-state index contributed by atoms with van der Waals surface area (Å²) in [6.45, 7) is 4.80. The second-order valence-corrected chi connectivity index (χ2v) is 7.30. The molecule has 0 unspecified atom stereocenters. The molecular formula is C25H26N2O2. The quantitative estimate of drug-likeness (QED) is 0.598. The van der Waals surface area contributed by atoms with Crippen LogP contribution in [-0.2, 0) is 6.42 Å². The predicted molar refractivity (Wildman–Crippen MR) is 117 cm³/mol. The van der Waals surface area contributed by atoms with Gasteiger partial charge in [0.15, 0.2) is 0 Å². The Morgan fingerprint density at radius 2 is 1.45 bits per heavy atom. The third kappa shape index (κ3) is 5.79.